The van der Waals surface area contributed by atoms with Crippen molar-refractivity contribution < 1.29 is 4.79 Å². The van der Waals surface area contributed by atoms with Crippen LogP contribution in [-0.2, 0) is 0 Å². The Kier molecular flexibility index (Phi) is 5.97. The van der Waals surface area contributed by atoms with Gasteiger partial charge in [0, 0.05) is 17.3 Å². The van der Waals surface area contributed by atoms with E-state index in [4.69, 9.17) is 0 Å². The smallest absolute Gasteiger partial charge is 0.260 e. The van der Waals surface area contributed by atoms with E-state index in [-0.39, 0.29) is 29.6 Å². The summed E-state index contributed by atoms with van der Waals surface area (Å²) in [5, 5.41) is 0. The van der Waals surface area contributed by atoms with Crippen molar-refractivity contribution in [1.29, 1.82) is 0 Å². The van der Waals surface area contributed by atoms with Crippen LogP contribution in [0.15, 0.2) is 47.3 Å². The van der Waals surface area contributed by atoms with E-state index >= 15 is 0 Å². The van der Waals surface area contributed by atoms with E-state index in [9.17, 15) is 9.59 Å². The van der Waals surface area contributed by atoms with Crippen LogP contribution in [0.3, 0.4) is 0 Å². The van der Waals surface area contributed by atoms with Gasteiger partial charge in [-0.2, -0.15) is 0 Å². The van der Waals surface area contributed by atoms with Crippen molar-refractivity contribution in [3.8, 4) is 11.8 Å². The quantitative estimate of drug-likeness (QED) is 0.880. The molecule has 1 N–H and O–H groups in total. The van der Waals surface area contributed by atoms with Crippen LogP contribution >= 0.6 is 0 Å². The van der Waals surface area contributed by atoms with Crippen LogP contribution in [0.5, 0.6) is 0 Å². The molecule has 1 amide bonds. The molecule has 24 heavy (non-hydrogen) atoms. The number of carbonyl (C=O) groups is 1. The van der Waals surface area contributed by atoms with E-state index in [0.29, 0.717) is 0 Å². The second-order valence-corrected chi connectivity index (χ2v) is 5.74. The van der Waals surface area contributed by atoms with Crippen LogP contribution in [0, 0.1) is 18.8 Å². The number of nitrogens with zero attached hydrogens (tertiary/aromatic N) is 1. The van der Waals surface area contributed by atoms with Gasteiger partial charge in [-0.05, 0) is 44.5 Å². The summed E-state index contributed by atoms with van der Waals surface area (Å²) in [6.07, 6.45) is 0.794. The molecule has 1 atom stereocenters. The predicted octanol–water partition coefficient (Wildman–Crippen LogP) is 2.98. The highest BCUT2D eigenvalue weighted by Crippen LogP contribution is 2.08. The molecular formula is C20H22N2O2. The van der Waals surface area contributed by atoms with Crippen molar-refractivity contribution >= 4 is 5.91 Å². The SMILES string of the molecule is CC[C@@H](C)N(CC#Cc1ccccc1)C(=O)c1ccc(C)[nH]c1=O. The van der Waals surface area contributed by atoms with Crippen LogP contribution in [0.25, 0.3) is 0 Å². The number of nitrogens with one attached hydrogen (secondary N) is 1. The molecule has 2 aromatic rings. The first-order chi connectivity index (χ1) is 11.5. The van der Waals surface area contributed by atoms with Crippen molar-refractivity contribution in [2.45, 2.75) is 33.2 Å². The minimum absolute atomic E-state index is 0.00303. The number of rotatable bonds is 4. The molecule has 0 radical (unpaired) electrons. The number of pyridine rings is 1. The van der Waals surface area contributed by atoms with Gasteiger partial charge in [-0.25, -0.2) is 0 Å². The Labute approximate surface area is 142 Å². The molecule has 0 aliphatic carbocycles. The number of aryl methyl sites for hydroxylation is 1. The maximum absolute atomic E-state index is 12.8. The summed E-state index contributed by atoms with van der Waals surface area (Å²) in [7, 11) is 0. The highest BCUT2D eigenvalue weighted by Gasteiger charge is 2.21. The Hall–Kier alpha value is -2.80. The zero-order chi connectivity index (χ0) is 17.5. The normalized spacial score (nSPS) is 11.3. The van der Waals surface area contributed by atoms with Gasteiger partial charge >= 0.3 is 0 Å². The molecule has 4 heteroatoms. The van der Waals surface area contributed by atoms with Crippen molar-refractivity contribution in [3.05, 3.63) is 69.6 Å². The Bertz CT molecular complexity index is 813. The maximum Gasteiger partial charge on any atom is 0.260 e. The van der Waals surface area contributed by atoms with Crippen molar-refractivity contribution in [3.63, 3.8) is 0 Å². The molecule has 0 bridgehead atoms. The summed E-state index contributed by atoms with van der Waals surface area (Å²) in [5.74, 6) is 5.81. The first-order valence-corrected chi connectivity index (χ1v) is 8.07. The topological polar surface area (TPSA) is 53.2 Å². The molecule has 1 aromatic carbocycles. The number of hydrogen-bond donors (Lipinski definition) is 1. The lowest BCUT2D eigenvalue weighted by molar-refractivity contribution is 0.0714. The van der Waals surface area contributed by atoms with Crippen LogP contribution in [0.1, 0.15) is 41.9 Å². The number of hydrogen-bond acceptors (Lipinski definition) is 2. The first kappa shape index (κ1) is 17.6. The number of carbonyl (C=O) groups excluding carboxylic acids is 1. The maximum atomic E-state index is 12.8. The Morgan fingerprint density at radius 1 is 1.21 bits per heavy atom. The predicted molar refractivity (Wildman–Crippen MR) is 95.9 cm³/mol. The minimum atomic E-state index is -0.357. The second-order valence-electron chi connectivity index (χ2n) is 5.74. The zero-order valence-electron chi connectivity index (χ0n) is 14.3. The monoisotopic (exact) mass is 322 g/mol. The summed E-state index contributed by atoms with van der Waals surface area (Å²) in [5.41, 5.74) is 1.43. The molecule has 0 unspecified atom stereocenters. The lowest BCUT2D eigenvalue weighted by Gasteiger charge is -2.26. The first-order valence-electron chi connectivity index (χ1n) is 8.07. The van der Waals surface area contributed by atoms with E-state index in [1.165, 1.54) is 0 Å². The van der Waals surface area contributed by atoms with Gasteiger partial charge in [0.2, 0.25) is 0 Å². The van der Waals surface area contributed by atoms with Crippen LogP contribution in [0.2, 0.25) is 0 Å². The van der Waals surface area contributed by atoms with Gasteiger partial charge in [0.25, 0.3) is 11.5 Å². The molecule has 0 fully saturated rings. The van der Waals surface area contributed by atoms with Crippen LogP contribution in [0.4, 0.5) is 0 Å². The van der Waals surface area contributed by atoms with Crippen LogP contribution < -0.4 is 5.56 Å². The summed E-state index contributed by atoms with van der Waals surface area (Å²) >= 11 is 0. The summed E-state index contributed by atoms with van der Waals surface area (Å²) in [6.45, 7) is 6.04. The van der Waals surface area contributed by atoms with Crippen LogP contribution in [-0.4, -0.2) is 28.4 Å². The lowest BCUT2D eigenvalue weighted by atomic mass is 10.1. The fraction of sp³-hybridized carbons (Fsp3) is 0.300. The molecule has 124 valence electrons. The number of amides is 1. The highest BCUT2D eigenvalue weighted by atomic mass is 16.2. The zero-order valence-corrected chi connectivity index (χ0v) is 14.3. The molecule has 2 rings (SSSR count). The molecule has 0 spiro atoms. The van der Waals surface area contributed by atoms with E-state index in [0.717, 1.165) is 17.7 Å². The van der Waals surface area contributed by atoms with Crippen molar-refractivity contribution in [2.75, 3.05) is 6.54 Å². The molecular weight excluding hydrogens is 300 g/mol. The van der Waals surface area contributed by atoms with Gasteiger partial charge < -0.3 is 9.88 Å². The second kappa shape index (κ2) is 8.16. The van der Waals surface area contributed by atoms with E-state index in [1.54, 1.807) is 24.0 Å². The van der Waals surface area contributed by atoms with E-state index in [1.807, 2.05) is 44.2 Å². The summed E-state index contributed by atoms with van der Waals surface area (Å²) < 4.78 is 0. The van der Waals surface area contributed by atoms with Gasteiger partial charge in [0.05, 0.1) is 6.54 Å². The standard InChI is InChI=1S/C20H22N2O2/c1-4-16(3)22(14-8-11-17-9-6-5-7-10-17)20(24)18-13-12-15(2)21-19(18)23/h5-7,9-10,12-13,16H,4,14H2,1-3H3,(H,21,23)/t16-/m1/s1. The van der Waals surface area contributed by atoms with Gasteiger partial charge in [-0.15, -0.1) is 0 Å². The average molecular weight is 322 g/mol. The Morgan fingerprint density at radius 2 is 1.92 bits per heavy atom. The van der Waals surface area contributed by atoms with Crippen molar-refractivity contribution in [1.82, 2.24) is 9.88 Å². The van der Waals surface area contributed by atoms with Gasteiger partial charge in [-0.3, -0.25) is 9.59 Å². The molecule has 0 saturated heterocycles. The highest BCUT2D eigenvalue weighted by molar-refractivity contribution is 5.94. The van der Waals surface area contributed by atoms with Gasteiger partial charge in [-0.1, -0.05) is 37.0 Å². The molecule has 0 aliphatic heterocycles. The number of aromatic amines is 1. The molecule has 1 heterocycles. The molecule has 4 nitrogen and oxygen atoms in total. The van der Waals surface area contributed by atoms with Gasteiger partial charge in [0.15, 0.2) is 0 Å². The average Bonchev–Trinajstić information content (AvgIpc) is 2.58. The third kappa shape index (κ3) is 4.36. The minimum Gasteiger partial charge on any atom is -0.326 e. The number of H-pyrrole nitrogens is 1. The van der Waals surface area contributed by atoms with E-state index < -0.39 is 0 Å². The van der Waals surface area contributed by atoms with Crippen molar-refractivity contribution in [2.24, 2.45) is 0 Å². The Morgan fingerprint density at radius 3 is 2.54 bits per heavy atom. The third-order valence-electron chi connectivity index (χ3n) is 3.93. The lowest BCUT2D eigenvalue weighted by Crippen LogP contribution is -2.41. The fourth-order valence-corrected chi connectivity index (χ4v) is 2.29. The summed E-state index contributed by atoms with van der Waals surface area (Å²) in [6, 6.07) is 12.9. The molecule has 1 aromatic heterocycles. The fourth-order valence-electron chi connectivity index (χ4n) is 2.29. The largest absolute Gasteiger partial charge is 0.326 e. The third-order valence-corrected chi connectivity index (χ3v) is 3.93. The van der Waals surface area contributed by atoms with E-state index in [2.05, 4.69) is 16.8 Å². The number of benzene rings is 1. The van der Waals surface area contributed by atoms with Gasteiger partial charge in [0.1, 0.15) is 5.56 Å². The molecule has 0 aliphatic rings. The molecule has 0 saturated carbocycles. The summed E-state index contributed by atoms with van der Waals surface area (Å²) in [4.78, 5) is 29.1. The Balaban J connectivity index is 2.24. The number of aromatic nitrogens is 1.